The highest BCUT2D eigenvalue weighted by atomic mass is 16.2. The third kappa shape index (κ3) is 4.83. The number of ketones is 1. The molecule has 1 aliphatic heterocycles. The van der Waals surface area contributed by atoms with Crippen LogP contribution in [0.5, 0.6) is 0 Å². The molecule has 0 saturated carbocycles. The van der Waals surface area contributed by atoms with E-state index in [-0.39, 0.29) is 23.3 Å². The van der Waals surface area contributed by atoms with Crippen molar-refractivity contribution in [3.63, 3.8) is 0 Å². The maximum atomic E-state index is 11.9. The molecule has 2 heterocycles. The van der Waals surface area contributed by atoms with Crippen molar-refractivity contribution in [3.05, 3.63) is 60.2 Å². The highest BCUT2D eigenvalue weighted by Gasteiger charge is 2.25. The fraction of sp³-hybridized carbons (Fsp3) is 0.273. The topological polar surface area (TPSA) is 117 Å². The molecule has 1 unspecified atom stereocenters. The highest BCUT2D eigenvalue weighted by Crippen LogP contribution is 2.25. The Morgan fingerprint density at radius 1 is 1.23 bits per heavy atom. The van der Waals surface area contributed by atoms with Gasteiger partial charge in [-0.15, -0.1) is 0 Å². The van der Waals surface area contributed by atoms with Crippen LogP contribution in [0.4, 0.5) is 17.3 Å². The van der Waals surface area contributed by atoms with Gasteiger partial charge in [-0.3, -0.25) is 14.4 Å². The molecule has 0 aliphatic carbocycles. The first-order valence-corrected chi connectivity index (χ1v) is 9.80. The zero-order valence-corrected chi connectivity index (χ0v) is 16.9. The molecule has 4 N–H and O–H groups in total. The molecule has 2 aromatic rings. The molecular formula is C22H25N5O3. The number of anilines is 3. The molecule has 2 amide bonds. The molecule has 156 valence electrons. The van der Waals surface area contributed by atoms with Crippen molar-refractivity contribution in [2.75, 3.05) is 23.3 Å². The van der Waals surface area contributed by atoms with Crippen molar-refractivity contribution in [1.82, 2.24) is 10.3 Å². The molecule has 1 aromatic heterocycles. The summed E-state index contributed by atoms with van der Waals surface area (Å²) in [4.78, 5) is 41.8. The molecule has 8 heteroatoms. The second kappa shape index (κ2) is 9.21. The van der Waals surface area contributed by atoms with Crippen LogP contribution in [0.1, 0.15) is 40.5 Å². The van der Waals surface area contributed by atoms with E-state index in [4.69, 9.17) is 5.73 Å². The van der Waals surface area contributed by atoms with Crippen LogP contribution in [0.15, 0.2) is 49.1 Å². The first kappa shape index (κ1) is 21.0. The zero-order valence-electron chi connectivity index (χ0n) is 16.9. The lowest BCUT2D eigenvalue weighted by Gasteiger charge is -2.20. The molecule has 3 rings (SSSR count). The van der Waals surface area contributed by atoms with Crippen molar-refractivity contribution in [2.45, 2.75) is 25.8 Å². The Balaban J connectivity index is 1.80. The maximum absolute atomic E-state index is 11.9. The zero-order chi connectivity index (χ0) is 21.7. The Kier molecular flexibility index (Phi) is 6.46. The normalized spacial score (nSPS) is 15.5. The van der Waals surface area contributed by atoms with E-state index in [0.717, 1.165) is 13.0 Å². The molecule has 1 saturated heterocycles. The highest BCUT2D eigenvalue weighted by molar-refractivity contribution is 5.99. The smallest absolute Gasteiger partial charge is 0.252 e. The lowest BCUT2D eigenvalue weighted by atomic mass is 10.1. The largest absolute Gasteiger partial charge is 0.365 e. The number of rotatable bonds is 8. The average Bonchev–Trinajstić information content (AvgIpc) is 3.21. The van der Waals surface area contributed by atoms with Gasteiger partial charge in [-0.05, 0) is 48.9 Å². The van der Waals surface area contributed by atoms with Crippen LogP contribution in [0, 0.1) is 0 Å². The minimum atomic E-state index is -0.591. The number of nitrogens with one attached hydrogen (secondary N) is 2. The molecule has 0 bridgehead atoms. The molecule has 0 radical (unpaired) electrons. The molecule has 1 aromatic carbocycles. The van der Waals surface area contributed by atoms with E-state index >= 15 is 0 Å². The second-order valence-electron chi connectivity index (χ2n) is 7.05. The number of hydrogen-bond acceptors (Lipinski definition) is 6. The van der Waals surface area contributed by atoms with Crippen molar-refractivity contribution in [2.24, 2.45) is 5.73 Å². The number of hydrogen-bond donors (Lipinski definition) is 3. The summed E-state index contributed by atoms with van der Waals surface area (Å²) in [6.07, 6.45) is 2.48. The molecular weight excluding hydrogens is 382 g/mol. The third-order valence-electron chi connectivity index (χ3n) is 4.98. The summed E-state index contributed by atoms with van der Waals surface area (Å²) in [6, 6.07) is 10.4. The van der Waals surface area contributed by atoms with Crippen molar-refractivity contribution >= 4 is 34.9 Å². The molecule has 8 nitrogen and oxygen atoms in total. The first-order valence-electron chi connectivity index (χ1n) is 9.80. The standard InChI is InChI=1S/C22H25N5O3/c1-3-18(28)14-5-7-15(8-6-14)25-22-17(21(23)30)9-10-19(26-22)27-12-11-16(13-27)24-20(29)4-2/h4-10,16H,2-3,11-13H2,1H3,(H2,23,30)(H,24,29)(H,25,26). The van der Waals surface area contributed by atoms with Gasteiger partial charge >= 0.3 is 0 Å². The van der Waals surface area contributed by atoms with Crippen LogP contribution in [0.2, 0.25) is 0 Å². The summed E-state index contributed by atoms with van der Waals surface area (Å²) in [7, 11) is 0. The van der Waals surface area contributed by atoms with Gasteiger partial charge in [0.05, 0.1) is 5.56 Å². The minimum Gasteiger partial charge on any atom is -0.365 e. The predicted octanol–water partition coefficient (Wildman–Crippen LogP) is 2.40. The van der Waals surface area contributed by atoms with E-state index in [0.29, 0.717) is 35.9 Å². The molecule has 30 heavy (non-hydrogen) atoms. The summed E-state index contributed by atoms with van der Waals surface area (Å²) < 4.78 is 0. The van der Waals surface area contributed by atoms with Crippen LogP contribution in [-0.2, 0) is 4.79 Å². The minimum absolute atomic E-state index is 0.00757. The van der Waals surface area contributed by atoms with E-state index < -0.39 is 5.91 Å². The number of pyridine rings is 1. The van der Waals surface area contributed by atoms with E-state index in [1.807, 2.05) is 11.8 Å². The number of carbonyl (C=O) groups is 3. The van der Waals surface area contributed by atoms with Crippen LogP contribution in [0.3, 0.4) is 0 Å². The van der Waals surface area contributed by atoms with Crippen molar-refractivity contribution < 1.29 is 14.4 Å². The van der Waals surface area contributed by atoms with Gasteiger partial charge in [0.15, 0.2) is 5.78 Å². The van der Waals surface area contributed by atoms with E-state index in [9.17, 15) is 14.4 Å². The summed E-state index contributed by atoms with van der Waals surface area (Å²) in [5.74, 6) is 0.286. The Labute approximate surface area is 175 Å². The summed E-state index contributed by atoms with van der Waals surface area (Å²) in [5.41, 5.74) is 7.10. The van der Waals surface area contributed by atoms with Gasteiger partial charge in [0.25, 0.3) is 5.91 Å². The van der Waals surface area contributed by atoms with Crippen LogP contribution in [-0.4, -0.2) is 41.7 Å². The van der Waals surface area contributed by atoms with Gasteiger partial charge in [-0.25, -0.2) is 4.98 Å². The Hall–Kier alpha value is -3.68. The quantitative estimate of drug-likeness (QED) is 0.457. The van der Waals surface area contributed by atoms with Gasteiger partial charge in [0.1, 0.15) is 11.6 Å². The number of amides is 2. The third-order valence-corrected chi connectivity index (χ3v) is 4.98. The second-order valence-corrected chi connectivity index (χ2v) is 7.05. The van der Waals surface area contributed by atoms with E-state index in [1.165, 1.54) is 6.08 Å². The molecule has 1 atom stereocenters. The summed E-state index contributed by atoms with van der Waals surface area (Å²) >= 11 is 0. The molecule has 0 spiro atoms. The number of nitrogens with zero attached hydrogens (tertiary/aromatic N) is 2. The van der Waals surface area contributed by atoms with Gasteiger partial charge in [-0.2, -0.15) is 0 Å². The number of carbonyl (C=O) groups excluding carboxylic acids is 3. The van der Waals surface area contributed by atoms with Gasteiger partial charge in [0, 0.05) is 36.8 Å². The Morgan fingerprint density at radius 3 is 2.60 bits per heavy atom. The maximum Gasteiger partial charge on any atom is 0.252 e. The van der Waals surface area contributed by atoms with E-state index in [1.54, 1.807) is 36.4 Å². The summed E-state index contributed by atoms with van der Waals surface area (Å²) in [6.45, 7) is 6.61. The van der Waals surface area contributed by atoms with Gasteiger partial charge in [-0.1, -0.05) is 13.5 Å². The predicted molar refractivity (Wildman–Crippen MR) is 116 cm³/mol. The van der Waals surface area contributed by atoms with Crippen LogP contribution >= 0.6 is 0 Å². The average molecular weight is 407 g/mol. The number of benzene rings is 1. The number of nitrogens with two attached hydrogens (primary N) is 1. The lowest BCUT2D eigenvalue weighted by molar-refractivity contribution is -0.117. The van der Waals surface area contributed by atoms with Crippen LogP contribution < -0.4 is 21.3 Å². The van der Waals surface area contributed by atoms with Gasteiger partial charge < -0.3 is 21.3 Å². The van der Waals surface area contributed by atoms with Gasteiger partial charge in [0.2, 0.25) is 5.91 Å². The van der Waals surface area contributed by atoms with Crippen LogP contribution in [0.25, 0.3) is 0 Å². The first-order chi connectivity index (χ1) is 14.4. The molecule has 1 aliphatic rings. The lowest BCUT2D eigenvalue weighted by Crippen LogP contribution is -2.36. The fourth-order valence-corrected chi connectivity index (χ4v) is 3.35. The van der Waals surface area contributed by atoms with Crippen molar-refractivity contribution in [3.8, 4) is 0 Å². The Bertz CT molecular complexity index is 971. The number of aromatic nitrogens is 1. The number of primary amides is 1. The van der Waals surface area contributed by atoms with Crippen molar-refractivity contribution in [1.29, 1.82) is 0 Å². The monoisotopic (exact) mass is 407 g/mol. The SMILES string of the molecule is C=CC(=O)NC1CCN(c2ccc(C(N)=O)c(Nc3ccc(C(=O)CC)cc3)n2)C1. The number of Topliss-reactive ketones (excluding diaryl/α,β-unsaturated/α-hetero) is 1. The fourth-order valence-electron chi connectivity index (χ4n) is 3.35. The van der Waals surface area contributed by atoms with E-state index in [2.05, 4.69) is 22.2 Å². The Morgan fingerprint density at radius 2 is 1.97 bits per heavy atom. The summed E-state index contributed by atoms with van der Waals surface area (Å²) in [5, 5.41) is 6.01. The molecule has 1 fully saturated rings.